The van der Waals surface area contributed by atoms with E-state index in [0.717, 1.165) is 28.7 Å². The maximum atomic E-state index is 13.4. The highest BCUT2D eigenvalue weighted by Gasteiger charge is 2.20. The van der Waals surface area contributed by atoms with Crippen molar-refractivity contribution in [3.8, 4) is 0 Å². The van der Waals surface area contributed by atoms with E-state index < -0.39 is 6.04 Å². The summed E-state index contributed by atoms with van der Waals surface area (Å²) in [5, 5.41) is 3.19. The maximum Gasteiger partial charge on any atom is 0.146 e. The fraction of sp³-hybridized carbons (Fsp3) is 0.118. The number of fused-ring (bicyclic) bond motifs is 1. The van der Waals surface area contributed by atoms with E-state index in [4.69, 9.17) is 0 Å². The van der Waals surface area contributed by atoms with Gasteiger partial charge in [-0.3, -0.25) is 0 Å². The van der Waals surface area contributed by atoms with E-state index in [-0.39, 0.29) is 5.82 Å². The summed E-state index contributed by atoms with van der Waals surface area (Å²) >= 11 is 0. The second kappa shape index (κ2) is 4.93. The summed E-state index contributed by atoms with van der Waals surface area (Å²) < 4.78 is 13.4. The molecule has 3 rings (SSSR count). The number of hydrogen-bond acceptors (Lipinski definition) is 2. The molecule has 0 spiro atoms. The average Bonchev–Trinajstić information content (AvgIpc) is 2.46. The summed E-state index contributed by atoms with van der Waals surface area (Å²) in [4.78, 5) is 11.3. The van der Waals surface area contributed by atoms with Crippen molar-refractivity contribution in [1.29, 1.82) is 0 Å². The number of nitrogens with one attached hydrogen (secondary N) is 1. The van der Waals surface area contributed by atoms with Crippen LogP contribution in [0, 0.1) is 12.7 Å². The predicted molar refractivity (Wildman–Crippen MR) is 77.4 cm³/mol. The number of carbonyl (C=O) groups is 1. The van der Waals surface area contributed by atoms with Crippen LogP contribution in [0.5, 0.6) is 0 Å². The van der Waals surface area contributed by atoms with E-state index in [1.54, 1.807) is 6.07 Å². The lowest BCUT2D eigenvalue weighted by Gasteiger charge is -2.24. The SMILES string of the molecule is Cc1ccc(C2=Cc3cc(F)ccc3C(C=O)N2)cc1. The predicted octanol–water partition coefficient (Wildman–Crippen LogP) is 3.48. The third-order valence-electron chi connectivity index (χ3n) is 3.49. The highest BCUT2D eigenvalue weighted by atomic mass is 19.1. The third-order valence-corrected chi connectivity index (χ3v) is 3.49. The summed E-state index contributed by atoms with van der Waals surface area (Å²) in [6.07, 6.45) is 2.72. The fourth-order valence-electron chi connectivity index (χ4n) is 2.40. The lowest BCUT2D eigenvalue weighted by Crippen LogP contribution is -2.25. The van der Waals surface area contributed by atoms with Crippen LogP contribution in [-0.2, 0) is 4.79 Å². The largest absolute Gasteiger partial charge is 0.371 e. The molecule has 0 bridgehead atoms. The molecule has 1 aliphatic rings. The van der Waals surface area contributed by atoms with Gasteiger partial charge in [-0.05, 0) is 41.8 Å². The fourth-order valence-corrected chi connectivity index (χ4v) is 2.40. The van der Waals surface area contributed by atoms with Gasteiger partial charge in [0.05, 0.1) is 0 Å². The Morgan fingerprint density at radius 1 is 1.15 bits per heavy atom. The van der Waals surface area contributed by atoms with Crippen LogP contribution >= 0.6 is 0 Å². The van der Waals surface area contributed by atoms with Crippen molar-refractivity contribution in [2.45, 2.75) is 13.0 Å². The second-order valence-corrected chi connectivity index (χ2v) is 4.96. The number of aryl methyl sites for hydroxylation is 1. The number of rotatable bonds is 2. The zero-order valence-corrected chi connectivity index (χ0v) is 11.1. The minimum atomic E-state index is -0.438. The second-order valence-electron chi connectivity index (χ2n) is 4.96. The van der Waals surface area contributed by atoms with Gasteiger partial charge in [0.25, 0.3) is 0 Å². The molecule has 0 saturated heterocycles. The normalized spacial score (nSPS) is 16.9. The van der Waals surface area contributed by atoms with Crippen molar-refractivity contribution >= 4 is 18.1 Å². The molecule has 2 aromatic carbocycles. The molecule has 1 aliphatic heterocycles. The summed E-state index contributed by atoms with van der Waals surface area (Å²) in [6.45, 7) is 2.02. The van der Waals surface area contributed by atoms with E-state index in [1.165, 1.54) is 17.7 Å². The number of halogens is 1. The van der Waals surface area contributed by atoms with Crippen LogP contribution in [0.25, 0.3) is 11.8 Å². The number of carbonyl (C=O) groups excluding carboxylic acids is 1. The van der Waals surface area contributed by atoms with Crippen molar-refractivity contribution in [2.75, 3.05) is 0 Å². The molecular formula is C17H14FNO. The number of aldehydes is 1. The Kier molecular flexibility index (Phi) is 3.11. The first-order valence-electron chi connectivity index (χ1n) is 6.47. The minimum Gasteiger partial charge on any atom is -0.371 e. The van der Waals surface area contributed by atoms with Crippen molar-refractivity contribution in [3.05, 3.63) is 70.5 Å². The maximum absolute atomic E-state index is 13.4. The summed E-state index contributed by atoms with van der Waals surface area (Å²) in [5.41, 5.74) is 4.54. The Morgan fingerprint density at radius 3 is 2.60 bits per heavy atom. The molecule has 100 valence electrons. The molecule has 0 saturated carbocycles. The monoisotopic (exact) mass is 267 g/mol. The molecule has 1 heterocycles. The van der Waals surface area contributed by atoms with Gasteiger partial charge < -0.3 is 10.1 Å². The van der Waals surface area contributed by atoms with Gasteiger partial charge in [0, 0.05) is 5.70 Å². The quantitative estimate of drug-likeness (QED) is 0.844. The Hall–Kier alpha value is -2.42. The van der Waals surface area contributed by atoms with Crippen LogP contribution in [0.1, 0.15) is 28.3 Å². The molecule has 1 atom stereocenters. The summed E-state index contributed by atoms with van der Waals surface area (Å²) in [6, 6.07) is 12.0. The van der Waals surface area contributed by atoms with Gasteiger partial charge >= 0.3 is 0 Å². The van der Waals surface area contributed by atoms with Crippen LogP contribution < -0.4 is 5.32 Å². The third kappa shape index (κ3) is 2.23. The van der Waals surface area contributed by atoms with Crippen molar-refractivity contribution < 1.29 is 9.18 Å². The van der Waals surface area contributed by atoms with Gasteiger partial charge in [-0.2, -0.15) is 0 Å². The molecular weight excluding hydrogens is 253 g/mol. The van der Waals surface area contributed by atoms with E-state index in [1.807, 2.05) is 37.3 Å². The molecule has 3 heteroatoms. The molecule has 2 aromatic rings. The smallest absolute Gasteiger partial charge is 0.146 e. The number of hydrogen-bond donors (Lipinski definition) is 1. The van der Waals surface area contributed by atoms with E-state index in [0.29, 0.717) is 0 Å². The van der Waals surface area contributed by atoms with Crippen molar-refractivity contribution in [2.24, 2.45) is 0 Å². The van der Waals surface area contributed by atoms with Crippen LogP contribution in [0.15, 0.2) is 42.5 Å². The summed E-state index contributed by atoms with van der Waals surface area (Å²) in [7, 11) is 0. The Labute approximate surface area is 116 Å². The Bertz CT molecular complexity index is 689. The molecule has 0 radical (unpaired) electrons. The van der Waals surface area contributed by atoms with Gasteiger partial charge in [-0.25, -0.2) is 4.39 Å². The molecule has 0 aromatic heterocycles. The van der Waals surface area contributed by atoms with E-state index in [9.17, 15) is 9.18 Å². The molecule has 1 N–H and O–H groups in total. The van der Waals surface area contributed by atoms with E-state index >= 15 is 0 Å². The van der Waals surface area contributed by atoms with Crippen molar-refractivity contribution in [3.63, 3.8) is 0 Å². The topological polar surface area (TPSA) is 29.1 Å². The highest BCUT2D eigenvalue weighted by molar-refractivity contribution is 5.87. The zero-order valence-electron chi connectivity index (χ0n) is 11.1. The molecule has 2 nitrogen and oxygen atoms in total. The first-order valence-corrected chi connectivity index (χ1v) is 6.47. The molecule has 0 amide bonds. The van der Waals surface area contributed by atoms with Crippen molar-refractivity contribution in [1.82, 2.24) is 5.32 Å². The Morgan fingerprint density at radius 2 is 1.90 bits per heavy atom. The lowest BCUT2D eigenvalue weighted by molar-refractivity contribution is -0.109. The van der Waals surface area contributed by atoms with Crippen LogP contribution in [0.3, 0.4) is 0 Å². The average molecular weight is 267 g/mol. The van der Waals surface area contributed by atoms with Gasteiger partial charge in [-0.1, -0.05) is 35.9 Å². The van der Waals surface area contributed by atoms with Gasteiger partial charge in [0.2, 0.25) is 0 Å². The molecule has 0 aliphatic carbocycles. The molecule has 1 unspecified atom stereocenters. The Balaban J connectivity index is 2.09. The molecule has 20 heavy (non-hydrogen) atoms. The lowest BCUT2D eigenvalue weighted by atomic mass is 9.94. The van der Waals surface area contributed by atoms with Gasteiger partial charge in [-0.15, -0.1) is 0 Å². The standard InChI is InChI=1S/C17H14FNO/c1-11-2-4-12(5-3-11)16-9-13-8-14(18)6-7-15(13)17(10-20)19-16/h2-10,17,19H,1H3. The van der Waals surface area contributed by atoms with Crippen LogP contribution in [0.4, 0.5) is 4.39 Å². The summed E-state index contributed by atoms with van der Waals surface area (Å²) in [5.74, 6) is -0.296. The first kappa shape index (κ1) is 12.6. The van der Waals surface area contributed by atoms with Crippen LogP contribution in [-0.4, -0.2) is 6.29 Å². The minimum absolute atomic E-state index is 0.296. The van der Waals surface area contributed by atoms with Gasteiger partial charge in [0.1, 0.15) is 18.1 Å². The first-order chi connectivity index (χ1) is 9.67. The van der Waals surface area contributed by atoms with Gasteiger partial charge in [0.15, 0.2) is 0 Å². The van der Waals surface area contributed by atoms with E-state index in [2.05, 4.69) is 5.32 Å². The van der Waals surface area contributed by atoms with Crippen LogP contribution in [0.2, 0.25) is 0 Å². The highest BCUT2D eigenvalue weighted by Crippen LogP contribution is 2.29. The number of benzene rings is 2. The zero-order chi connectivity index (χ0) is 14.1. The molecule has 0 fully saturated rings.